The van der Waals surface area contributed by atoms with Gasteiger partial charge in [-0.15, -0.1) is 0 Å². The lowest BCUT2D eigenvalue weighted by molar-refractivity contribution is -0.128. The van der Waals surface area contributed by atoms with Crippen LogP contribution in [-0.4, -0.2) is 17.5 Å². The smallest absolute Gasteiger partial charge is 0.162 e. The van der Waals surface area contributed by atoms with E-state index in [0.29, 0.717) is 5.92 Å². The third-order valence-electron chi connectivity index (χ3n) is 4.85. The summed E-state index contributed by atoms with van der Waals surface area (Å²) in [5.41, 5.74) is 1.77. The minimum Gasteiger partial charge on any atom is -0.392 e. The summed E-state index contributed by atoms with van der Waals surface area (Å²) in [6.07, 6.45) is 5.83. The summed E-state index contributed by atoms with van der Waals surface area (Å²) in [7, 11) is 0. The summed E-state index contributed by atoms with van der Waals surface area (Å²) in [6.45, 7) is 8.18. The Kier molecular flexibility index (Phi) is 3.26. The molecule has 0 saturated heterocycles. The van der Waals surface area contributed by atoms with Crippen molar-refractivity contribution in [1.29, 1.82) is 0 Å². The van der Waals surface area contributed by atoms with Crippen LogP contribution in [0.15, 0.2) is 23.8 Å². The fourth-order valence-electron chi connectivity index (χ4n) is 3.75. The van der Waals surface area contributed by atoms with Gasteiger partial charge in [-0.2, -0.15) is 0 Å². The molecule has 0 aromatic carbocycles. The van der Waals surface area contributed by atoms with Gasteiger partial charge in [-0.3, -0.25) is 4.79 Å². The lowest BCUT2D eigenvalue weighted by Gasteiger charge is -2.40. The Morgan fingerprint density at radius 3 is 2.88 bits per heavy atom. The highest BCUT2D eigenvalue weighted by atomic mass is 16.3. The molecule has 0 aliphatic heterocycles. The van der Waals surface area contributed by atoms with E-state index in [0.717, 1.165) is 31.3 Å². The predicted octanol–water partition coefficient (Wildman–Crippen LogP) is 2.88. The van der Waals surface area contributed by atoms with Crippen LogP contribution in [0.25, 0.3) is 0 Å². The molecule has 1 spiro atoms. The number of allylic oxidation sites excluding steroid dienone is 2. The van der Waals surface area contributed by atoms with Crippen LogP contribution in [0.4, 0.5) is 0 Å². The van der Waals surface area contributed by atoms with E-state index in [9.17, 15) is 9.90 Å². The molecular formula is C15H22O2. The summed E-state index contributed by atoms with van der Waals surface area (Å²) >= 11 is 0. The molecule has 2 aliphatic carbocycles. The molecule has 0 bridgehead atoms. The second kappa shape index (κ2) is 4.41. The van der Waals surface area contributed by atoms with Crippen molar-refractivity contribution in [3.8, 4) is 0 Å². The first-order valence-corrected chi connectivity index (χ1v) is 6.52. The van der Waals surface area contributed by atoms with Gasteiger partial charge in [0.05, 0.1) is 6.61 Å². The number of carbonyl (C=O) groups excluding carboxylic acids is 1. The molecule has 3 atom stereocenters. The van der Waals surface area contributed by atoms with E-state index >= 15 is 0 Å². The standard InChI is InChI=1S/C15H22O2/c1-10-6-7-15(14(17)8-10)12(3)4-5-13(15)11(2)9-16/h8,12-13,16H,2,4-7,9H2,1,3H3/t12-,13+,15-/m1/s1. The van der Waals surface area contributed by atoms with Crippen LogP contribution in [0.5, 0.6) is 0 Å². The maximum Gasteiger partial charge on any atom is 0.162 e. The zero-order valence-corrected chi connectivity index (χ0v) is 10.8. The Hall–Kier alpha value is -0.890. The van der Waals surface area contributed by atoms with Crippen molar-refractivity contribution >= 4 is 5.78 Å². The molecule has 0 radical (unpaired) electrons. The molecule has 0 aromatic rings. The van der Waals surface area contributed by atoms with Crippen LogP contribution in [0, 0.1) is 17.3 Å². The molecule has 2 nitrogen and oxygen atoms in total. The fraction of sp³-hybridized carbons (Fsp3) is 0.667. The highest BCUT2D eigenvalue weighted by Gasteiger charge is 2.53. The summed E-state index contributed by atoms with van der Waals surface area (Å²) in [5, 5.41) is 9.31. The van der Waals surface area contributed by atoms with Crippen LogP contribution in [0.2, 0.25) is 0 Å². The van der Waals surface area contributed by atoms with E-state index in [4.69, 9.17) is 0 Å². The molecule has 0 heterocycles. The van der Waals surface area contributed by atoms with Crippen molar-refractivity contribution < 1.29 is 9.90 Å². The minimum absolute atomic E-state index is 0.00904. The average molecular weight is 234 g/mol. The maximum absolute atomic E-state index is 12.5. The van der Waals surface area contributed by atoms with Gasteiger partial charge in [0, 0.05) is 5.41 Å². The Balaban J connectivity index is 2.39. The summed E-state index contributed by atoms with van der Waals surface area (Å²) in [6, 6.07) is 0. The van der Waals surface area contributed by atoms with E-state index in [2.05, 4.69) is 13.5 Å². The van der Waals surface area contributed by atoms with Gasteiger partial charge in [0.15, 0.2) is 5.78 Å². The van der Waals surface area contributed by atoms with E-state index in [1.165, 1.54) is 5.57 Å². The Morgan fingerprint density at radius 1 is 1.59 bits per heavy atom. The van der Waals surface area contributed by atoms with E-state index < -0.39 is 0 Å². The monoisotopic (exact) mass is 234 g/mol. The molecular weight excluding hydrogens is 212 g/mol. The number of aliphatic hydroxyl groups is 1. The Labute approximate surface area is 103 Å². The zero-order valence-electron chi connectivity index (χ0n) is 10.8. The molecule has 1 N–H and O–H groups in total. The van der Waals surface area contributed by atoms with Crippen molar-refractivity contribution in [2.75, 3.05) is 6.61 Å². The van der Waals surface area contributed by atoms with Crippen molar-refractivity contribution in [3.63, 3.8) is 0 Å². The van der Waals surface area contributed by atoms with Crippen LogP contribution >= 0.6 is 0 Å². The largest absolute Gasteiger partial charge is 0.392 e. The second-order valence-electron chi connectivity index (χ2n) is 5.74. The van der Waals surface area contributed by atoms with Gasteiger partial charge < -0.3 is 5.11 Å². The molecule has 1 fully saturated rings. The number of rotatable bonds is 2. The van der Waals surface area contributed by atoms with Crippen LogP contribution in [-0.2, 0) is 4.79 Å². The van der Waals surface area contributed by atoms with Gasteiger partial charge in [0.1, 0.15) is 0 Å². The molecule has 17 heavy (non-hydrogen) atoms. The molecule has 0 amide bonds. The van der Waals surface area contributed by atoms with Crippen LogP contribution in [0.1, 0.15) is 39.5 Å². The second-order valence-corrected chi connectivity index (χ2v) is 5.74. The summed E-state index contributed by atoms with van der Waals surface area (Å²) in [4.78, 5) is 12.5. The molecule has 94 valence electrons. The third-order valence-corrected chi connectivity index (χ3v) is 4.85. The van der Waals surface area contributed by atoms with Gasteiger partial charge >= 0.3 is 0 Å². The number of aliphatic hydroxyl groups excluding tert-OH is 1. The Morgan fingerprint density at radius 2 is 2.29 bits per heavy atom. The van der Waals surface area contributed by atoms with E-state index in [-0.39, 0.29) is 23.7 Å². The quantitative estimate of drug-likeness (QED) is 0.746. The van der Waals surface area contributed by atoms with E-state index in [1.54, 1.807) is 0 Å². The molecule has 2 rings (SSSR count). The average Bonchev–Trinajstić information content (AvgIpc) is 2.62. The van der Waals surface area contributed by atoms with Crippen molar-refractivity contribution in [3.05, 3.63) is 23.8 Å². The highest BCUT2D eigenvalue weighted by Crippen LogP contribution is 2.55. The topological polar surface area (TPSA) is 37.3 Å². The number of hydrogen-bond donors (Lipinski definition) is 1. The highest BCUT2D eigenvalue weighted by molar-refractivity contribution is 5.97. The van der Waals surface area contributed by atoms with Gasteiger partial charge in [-0.1, -0.05) is 19.1 Å². The number of hydrogen-bond acceptors (Lipinski definition) is 2. The van der Waals surface area contributed by atoms with Gasteiger partial charge in [0.2, 0.25) is 0 Å². The van der Waals surface area contributed by atoms with Gasteiger partial charge in [-0.05, 0) is 56.1 Å². The predicted molar refractivity (Wildman–Crippen MR) is 68.5 cm³/mol. The number of ketones is 1. The molecule has 0 unspecified atom stereocenters. The van der Waals surface area contributed by atoms with Crippen LogP contribution in [0.3, 0.4) is 0 Å². The molecule has 0 aromatic heterocycles. The maximum atomic E-state index is 12.5. The zero-order chi connectivity index (χ0) is 12.6. The Bertz CT molecular complexity index is 380. The lowest BCUT2D eigenvalue weighted by atomic mass is 9.62. The third kappa shape index (κ3) is 1.79. The SMILES string of the molecule is C=C(CO)[C@@H]1CC[C@@H](C)[C@]12CCC(C)=CC2=O. The number of carbonyl (C=O) groups is 1. The van der Waals surface area contributed by atoms with Gasteiger partial charge in [-0.25, -0.2) is 0 Å². The molecule has 2 heteroatoms. The first-order valence-electron chi connectivity index (χ1n) is 6.52. The summed E-state index contributed by atoms with van der Waals surface area (Å²) in [5.74, 6) is 0.859. The van der Waals surface area contributed by atoms with Crippen molar-refractivity contribution in [2.45, 2.75) is 39.5 Å². The first-order chi connectivity index (χ1) is 8.02. The molecule has 1 saturated carbocycles. The van der Waals surface area contributed by atoms with Crippen molar-refractivity contribution in [2.24, 2.45) is 17.3 Å². The summed E-state index contributed by atoms with van der Waals surface area (Å²) < 4.78 is 0. The molecule has 2 aliphatic rings. The first kappa shape index (κ1) is 12.6. The van der Waals surface area contributed by atoms with Gasteiger partial charge in [0.25, 0.3) is 0 Å². The lowest BCUT2D eigenvalue weighted by Crippen LogP contribution is -2.41. The van der Waals surface area contributed by atoms with Crippen molar-refractivity contribution in [1.82, 2.24) is 0 Å². The minimum atomic E-state index is -0.265. The van der Waals surface area contributed by atoms with E-state index in [1.807, 2.05) is 13.0 Å². The van der Waals surface area contributed by atoms with Crippen LogP contribution < -0.4 is 0 Å². The normalized spacial score (nSPS) is 37.4. The fourth-order valence-corrected chi connectivity index (χ4v) is 3.75.